The lowest BCUT2D eigenvalue weighted by atomic mass is 9.73. The molecule has 0 atom stereocenters. The van der Waals surface area contributed by atoms with Crippen molar-refractivity contribution in [3.8, 4) is 0 Å². The summed E-state index contributed by atoms with van der Waals surface area (Å²) >= 11 is 0. The molecule has 29 heavy (non-hydrogen) atoms. The predicted octanol–water partition coefficient (Wildman–Crippen LogP) is 2.79. The van der Waals surface area contributed by atoms with Gasteiger partial charge >= 0.3 is 0 Å². The standard InChI is InChI=1S/C21H30N4O3S/c1-3-17-4-6-18(7-5-17)29(26,27)24-13-10-21(11-14-24)9-8-19-22-23-20(16-28-2)25(19)15-12-21/h4-7H,3,8-16H2,1-2H3. The van der Waals surface area contributed by atoms with Crippen molar-refractivity contribution in [3.05, 3.63) is 41.5 Å². The second-order valence-electron chi connectivity index (χ2n) is 8.27. The van der Waals surface area contributed by atoms with Crippen LogP contribution in [0.25, 0.3) is 0 Å². The van der Waals surface area contributed by atoms with Gasteiger partial charge < -0.3 is 9.30 Å². The number of nitrogens with zero attached hydrogens (tertiary/aromatic N) is 4. The largest absolute Gasteiger partial charge is 0.377 e. The Bertz CT molecular complexity index is 945. The minimum Gasteiger partial charge on any atom is -0.377 e. The van der Waals surface area contributed by atoms with Crippen molar-refractivity contribution in [1.29, 1.82) is 0 Å². The first kappa shape index (κ1) is 20.5. The molecule has 1 fully saturated rings. The van der Waals surface area contributed by atoms with E-state index in [9.17, 15) is 8.42 Å². The van der Waals surface area contributed by atoms with E-state index < -0.39 is 10.0 Å². The molecule has 1 aromatic carbocycles. The Morgan fingerprint density at radius 1 is 1.03 bits per heavy atom. The van der Waals surface area contributed by atoms with Gasteiger partial charge in [-0.15, -0.1) is 10.2 Å². The number of ether oxygens (including phenoxy) is 1. The Hall–Kier alpha value is -1.77. The van der Waals surface area contributed by atoms with Crippen molar-refractivity contribution in [2.45, 2.75) is 63.5 Å². The van der Waals surface area contributed by atoms with E-state index in [1.807, 2.05) is 12.1 Å². The topological polar surface area (TPSA) is 77.3 Å². The molecule has 0 amide bonds. The molecule has 0 bridgehead atoms. The summed E-state index contributed by atoms with van der Waals surface area (Å²) in [5, 5.41) is 8.60. The minimum absolute atomic E-state index is 0.184. The summed E-state index contributed by atoms with van der Waals surface area (Å²) in [5.74, 6) is 1.91. The van der Waals surface area contributed by atoms with Crippen molar-refractivity contribution in [2.75, 3.05) is 20.2 Å². The highest BCUT2D eigenvalue weighted by molar-refractivity contribution is 7.89. The van der Waals surface area contributed by atoms with Crippen LogP contribution in [0.15, 0.2) is 29.2 Å². The van der Waals surface area contributed by atoms with Gasteiger partial charge in [0, 0.05) is 33.2 Å². The van der Waals surface area contributed by atoms with Gasteiger partial charge in [-0.05, 0) is 55.2 Å². The molecule has 0 N–H and O–H groups in total. The molecule has 4 rings (SSSR count). The summed E-state index contributed by atoms with van der Waals surface area (Å²) < 4.78 is 35.2. The van der Waals surface area contributed by atoms with Gasteiger partial charge in [0.15, 0.2) is 5.82 Å². The minimum atomic E-state index is -3.42. The first-order valence-electron chi connectivity index (χ1n) is 10.5. The summed E-state index contributed by atoms with van der Waals surface area (Å²) in [5.41, 5.74) is 1.34. The fourth-order valence-corrected chi connectivity index (χ4v) is 6.09. The zero-order chi connectivity index (χ0) is 20.5. The van der Waals surface area contributed by atoms with E-state index in [0.29, 0.717) is 24.6 Å². The van der Waals surface area contributed by atoms with Gasteiger partial charge in [-0.1, -0.05) is 19.1 Å². The van der Waals surface area contributed by atoms with E-state index in [4.69, 9.17) is 4.74 Å². The van der Waals surface area contributed by atoms with Crippen LogP contribution in [0.1, 0.15) is 49.8 Å². The predicted molar refractivity (Wildman–Crippen MR) is 110 cm³/mol. The van der Waals surface area contributed by atoms with Crippen LogP contribution in [-0.2, 0) is 40.8 Å². The van der Waals surface area contributed by atoms with Gasteiger partial charge in [0.05, 0.1) is 4.90 Å². The van der Waals surface area contributed by atoms with E-state index >= 15 is 0 Å². The summed E-state index contributed by atoms with van der Waals surface area (Å²) in [6.45, 7) is 4.60. The molecule has 1 saturated heterocycles. The monoisotopic (exact) mass is 418 g/mol. The number of benzene rings is 1. The van der Waals surface area contributed by atoms with Gasteiger partial charge in [-0.25, -0.2) is 8.42 Å². The number of sulfonamides is 1. The first-order chi connectivity index (χ1) is 14.0. The Labute approximate surface area is 173 Å². The third-order valence-corrected chi connectivity index (χ3v) is 8.59. The van der Waals surface area contributed by atoms with Crippen LogP contribution in [0.4, 0.5) is 0 Å². The highest BCUT2D eigenvalue weighted by Crippen LogP contribution is 2.42. The van der Waals surface area contributed by atoms with Crippen molar-refractivity contribution < 1.29 is 13.2 Å². The smallest absolute Gasteiger partial charge is 0.243 e. The molecule has 0 saturated carbocycles. The van der Waals surface area contributed by atoms with Crippen molar-refractivity contribution in [2.24, 2.45) is 5.41 Å². The van der Waals surface area contributed by atoms with Crippen molar-refractivity contribution in [1.82, 2.24) is 19.1 Å². The van der Waals surface area contributed by atoms with Crippen LogP contribution in [0.2, 0.25) is 0 Å². The van der Waals surface area contributed by atoms with Gasteiger partial charge in [-0.3, -0.25) is 0 Å². The van der Waals surface area contributed by atoms with E-state index in [1.165, 1.54) is 0 Å². The molecule has 2 aliphatic rings. The zero-order valence-electron chi connectivity index (χ0n) is 17.3. The van der Waals surface area contributed by atoms with E-state index in [1.54, 1.807) is 23.5 Å². The molecule has 7 nitrogen and oxygen atoms in total. The van der Waals surface area contributed by atoms with Crippen molar-refractivity contribution in [3.63, 3.8) is 0 Å². The Morgan fingerprint density at radius 2 is 1.72 bits per heavy atom. The molecule has 1 aromatic heterocycles. The summed E-state index contributed by atoms with van der Waals surface area (Å²) in [7, 11) is -1.75. The quantitative estimate of drug-likeness (QED) is 0.746. The van der Waals surface area contributed by atoms with Crippen molar-refractivity contribution >= 4 is 10.0 Å². The van der Waals surface area contributed by atoms with Gasteiger partial charge in [-0.2, -0.15) is 4.31 Å². The zero-order valence-corrected chi connectivity index (χ0v) is 18.1. The lowest BCUT2D eigenvalue weighted by molar-refractivity contribution is 0.127. The normalized spacial score (nSPS) is 19.8. The third-order valence-electron chi connectivity index (χ3n) is 6.67. The number of aromatic nitrogens is 3. The summed E-state index contributed by atoms with van der Waals surface area (Å²) in [6, 6.07) is 7.31. The molecular formula is C21H30N4O3S. The fourth-order valence-electron chi connectivity index (χ4n) is 4.65. The maximum Gasteiger partial charge on any atom is 0.243 e. The Morgan fingerprint density at radius 3 is 2.38 bits per heavy atom. The van der Waals surface area contributed by atoms with Gasteiger partial charge in [0.25, 0.3) is 0 Å². The lowest BCUT2D eigenvalue weighted by Crippen LogP contribution is -2.43. The maximum atomic E-state index is 13.1. The highest BCUT2D eigenvalue weighted by atomic mass is 32.2. The highest BCUT2D eigenvalue weighted by Gasteiger charge is 2.39. The molecule has 2 aliphatic heterocycles. The Kier molecular flexibility index (Phi) is 5.77. The molecule has 0 unspecified atom stereocenters. The van der Waals surface area contributed by atoms with Crippen LogP contribution in [-0.4, -0.2) is 47.7 Å². The Balaban J connectivity index is 1.43. The molecule has 158 valence electrons. The average Bonchev–Trinajstić information content (AvgIpc) is 3.04. The molecule has 0 aliphatic carbocycles. The lowest BCUT2D eigenvalue weighted by Gasteiger charge is -2.40. The van der Waals surface area contributed by atoms with E-state index in [-0.39, 0.29) is 5.41 Å². The van der Waals surface area contributed by atoms with Crippen LogP contribution in [0, 0.1) is 5.41 Å². The molecule has 2 aromatic rings. The third kappa shape index (κ3) is 3.98. The second-order valence-corrected chi connectivity index (χ2v) is 10.2. The maximum absolute atomic E-state index is 13.1. The number of rotatable bonds is 5. The number of methoxy groups -OCH3 is 1. The number of hydrogen-bond donors (Lipinski definition) is 0. The number of piperidine rings is 1. The summed E-state index contributed by atoms with van der Waals surface area (Å²) in [6.07, 6.45) is 5.67. The number of fused-ring (bicyclic) bond motifs is 1. The average molecular weight is 419 g/mol. The fraction of sp³-hybridized carbons (Fsp3) is 0.619. The van der Waals surface area contributed by atoms with Crippen LogP contribution >= 0.6 is 0 Å². The number of hydrogen-bond acceptors (Lipinski definition) is 5. The molecule has 1 spiro atoms. The first-order valence-corrected chi connectivity index (χ1v) is 11.9. The van der Waals surface area contributed by atoms with E-state index in [0.717, 1.165) is 62.3 Å². The van der Waals surface area contributed by atoms with Crippen LogP contribution < -0.4 is 0 Å². The molecular weight excluding hydrogens is 388 g/mol. The van der Waals surface area contributed by atoms with Gasteiger partial charge in [0.2, 0.25) is 10.0 Å². The SMILES string of the molecule is CCc1ccc(S(=O)(=O)N2CCC3(CCc4nnc(COC)n4CC3)CC2)cc1. The van der Waals surface area contributed by atoms with Crippen LogP contribution in [0.5, 0.6) is 0 Å². The number of aryl methyl sites for hydroxylation is 2. The summed E-state index contributed by atoms with van der Waals surface area (Å²) in [4.78, 5) is 0.405. The molecule has 8 heteroatoms. The van der Waals surface area contributed by atoms with E-state index in [2.05, 4.69) is 21.7 Å². The second kappa shape index (κ2) is 8.16. The van der Waals surface area contributed by atoms with Gasteiger partial charge in [0.1, 0.15) is 12.4 Å². The molecule has 3 heterocycles. The van der Waals surface area contributed by atoms with Crippen LogP contribution in [0.3, 0.4) is 0 Å². The molecule has 0 radical (unpaired) electrons.